The van der Waals surface area contributed by atoms with Gasteiger partial charge in [0.1, 0.15) is 17.4 Å². The van der Waals surface area contributed by atoms with Gasteiger partial charge in [-0.25, -0.2) is 0 Å². The summed E-state index contributed by atoms with van der Waals surface area (Å²) >= 11 is 0. The van der Waals surface area contributed by atoms with Crippen molar-refractivity contribution in [3.63, 3.8) is 0 Å². The molecule has 0 amide bonds. The first-order chi connectivity index (χ1) is 8.38. The van der Waals surface area contributed by atoms with Gasteiger partial charge in [-0.1, -0.05) is 45.9 Å². The molecule has 0 saturated heterocycles. The van der Waals surface area contributed by atoms with E-state index >= 15 is 0 Å². The van der Waals surface area contributed by atoms with E-state index in [0.717, 1.165) is 17.4 Å². The molecule has 1 aromatic carbocycles. The van der Waals surface area contributed by atoms with Crippen LogP contribution in [0.3, 0.4) is 0 Å². The van der Waals surface area contributed by atoms with E-state index in [-0.39, 0.29) is 5.41 Å². The van der Waals surface area contributed by atoms with Gasteiger partial charge in [0.05, 0.1) is 0 Å². The lowest BCUT2D eigenvalue weighted by atomic mass is 9.79. The van der Waals surface area contributed by atoms with Crippen molar-refractivity contribution in [2.24, 2.45) is 11.3 Å². The monoisotopic (exact) mass is 246 g/mol. The number of hydrogen-bond donors (Lipinski definition) is 1. The standard InChI is InChI=1S/C16H22O2/c1-11(16(2,3)4)9-13(17)15-10-12-7-5-6-8-14(12)18-15/h5-8,10-11,13,17H,9H2,1-4H3. The number of benzene rings is 1. The van der Waals surface area contributed by atoms with Crippen molar-refractivity contribution in [3.8, 4) is 0 Å². The van der Waals surface area contributed by atoms with Gasteiger partial charge in [-0.2, -0.15) is 0 Å². The Hall–Kier alpha value is -1.28. The molecule has 1 aromatic heterocycles. The Bertz CT molecular complexity index is 486. The van der Waals surface area contributed by atoms with Crippen LogP contribution in [0.25, 0.3) is 11.0 Å². The zero-order valence-electron chi connectivity index (χ0n) is 11.6. The van der Waals surface area contributed by atoms with Crippen molar-refractivity contribution in [2.75, 3.05) is 0 Å². The van der Waals surface area contributed by atoms with Crippen molar-refractivity contribution >= 4 is 11.0 Å². The van der Waals surface area contributed by atoms with Crippen LogP contribution in [0, 0.1) is 11.3 Å². The summed E-state index contributed by atoms with van der Waals surface area (Å²) in [4.78, 5) is 0. The summed E-state index contributed by atoms with van der Waals surface area (Å²) in [6.45, 7) is 8.76. The van der Waals surface area contributed by atoms with Gasteiger partial charge in [0.15, 0.2) is 0 Å². The molecular formula is C16H22O2. The molecule has 0 aliphatic rings. The van der Waals surface area contributed by atoms with E-state index in [0.29, 0.717) is 11.7 Å². The molecule has 2 heteroatoms. The zero-order valence-corrected chi connectivity index (χ0v) is 11.6. The van der Waals surface area contributed by atoms with Gasteiger partial charge in [-0.3, -0.25) is 0 Å². The third-order valence-corrected chi connectivity index (χ3v) is 3.83. The third kappa shape index (κ3) is 2.75. The number of hydrogen-bond acceptors (Lipinski definition) is 2. The number of fused-ring (bicyclic) bond motifs is 1. The fourth-order valence-electron chi connectivity index (χ4n) is 1.97. The number of rotatable bonds is 3. The summed E-state index contributed by atoms with van der Waals surface area (Å²) in [5.41, 5.74) is 1.04. The minimum absolute atomic E-state index is 0.201. The Balaban J connectivity index is 2.16. The Morgan fingerprint density at radius 3 is 2.50 bits per heavy atom. The van der Waals surface area contributed by atoms with E-state index in [2.05, 4.69) is 27.7 Å². The summed E-state index contributed by atoms with van der Waals surface area (Å²) in [7, 11) is 0. The molecule has 0 aliphatic carbocycles. The SMILES string of the molecule is CC(CC(O)c1cc2ccccc2o1)C(C)(C)C. The Morgan fingerprint density at radius 1 is 1.22 bits per heavy atom. The molecule has 0 bridgehead atoms. The highest BCUT2D eigenvalue weighted by Crippen LogP contribution is 2.34. The Morgan fingerprint density at radius 2 is 1.89 bits per heavy atom. The molecule has 0 saturated carbocycles. The van der Waals surface area contributed by atoms with Crippen LogP contribution in [-0.2, 0) is 0 Å². The molecule has 2 rings (SSSR count). The predicted octanol–water partition coefficient (Wildman–Crippen LogP) is 4.54. The Kier molecular flexibility index (Phi) is 3.49. The van der Waals surface area contributed by atoms with Crippen LogP contribution in [0.5, 0.6) is 0 Å². The van der Waals surface area contributed by atoms with Gasteiger partial charge in [0, 0.05) is 5.39 Å². The van der Waals surface area contributed by atoms with Crippen LogP contribution in [0.4, 0.5) is 0 Å². The summed E-state index contributed by atoms with van der Waals surface area (Å²) in [5.74, 6) is 1.10. The van der Waals surface area contributed by atoms with E-state index < -0.39 is 6.10 Å². The molecule has 18 heavy (non-hydrogen) atoms. The van der Waals surface area contributed by atoms with Crippen LogP contribution in [0.1, 0.15) is 46.0 Å². The maximum Gasteiger partial charge on any atom is 0.134 e. The van der Waals surface area contributed by atoms with Crippen LogP contribution >= 0.6 is 0 Å². The Labute approximate surface area is 109 Å². The molecule has 2 unspecified atom stereocenters. The average Bonchev–Trinajstić information content (AvgIpc) is 2.71. The first-order valence-electron chi connectivity index (χ1n) is 6.54. The van der Waals surface area contributed by atoms with E-state index in [4.69, 9.17) is 4.42 Å². The normalized spacial score (nSPS) is 15.8. The van der Waals surface area contributed by atoms with Crippen molar-refractivity contribution in [1.29, 1.82) is 0 Å². The summed E-state index contributed by atoms with van der Waals surface area (Å²) in [6.07, 6.45) is 0.204. The average molecular weight is 246 g/mol. The molecule has 0 spiro atoms. The maximum atomic E-state index is 10.3. The van der Waals surface area contributed by atoms with Gasteiger partial charge in [0.2, 0.25) is 0 Å². The van der Waals surface area contributed by atoms with Crippen molar-refractivity contribution < 1.29 is 9.52 Å². The number of furan rings is 1. The second-order valence-electron chi connectivity index (χ2n) is 6.21. The second kappa shape index (κ2) is 4.77. The van der Waals surface area contributed by atoms with Gasteiger partial charge in [0.25, 0.3) is 0 Å². The van der Waals surface area contributed by atoms with E-state index in [1.54, 1.807) is 0 Å². The van der Waals surface area contributed by atoms with Crippen molar-refractivity contribution in [2.45, 2.75) is 40.2 Å². The molecule has 1 N–H and O–H groups in total. The minimum Gasteiger partial charge on any atom is -0.458 e. The second-order valence-corrected chi connectivity index (χ2v) is 6.21. The molecule has 2 nitrogen and oxygen atoms in total. The first-order valence-corrected chi connectivity index (χ1v) is 6.54. The fraction of sp³-hybridized carbons (Fsp3) is 0.500. The fourth-order valence-corrected chi connectivity index (χ4v) is 1.97. The van der Waals surface area contributed by atoms with Gasteiger partial charge < -0.3 is 9.52 Å². The zero-order chi connectivity index (χ0) is 13.3. The maximum absolute atomic E-state index is 10.3. The van der Waals surface area contributed by atoms with E-state index in [1.807, 2.05) is 30.3 Å². The summed E-state index contributed by atoms with van der Waals surface area (Å²) in [6, 6.07) is 9.79. The number of aliphatic hydroxyl groups is 1. The van der Waals surface area contributed by atoms with Gasteiger partial charge >= 0.3 is 0 Å². The van der Waals surface area contributed by atoms with Crippen LogP contribution < -0.4 is 0 Å². The smallest absolute Gasteiger partial charge is 0.134 e. The molecule has 98 valence electrons. The molecule has 2 aromatic rings. The largest absolute Gasteiger partial charge is 0.458 e. The molecule has 0 radical (unpaired) electrons. The summed E-state index contributed by atoms with van der Waals surface area (Å²) in [5, 5.41) is 11.3. The van der Waals surface area contributed by atoms with Crippen molar-refractivity contribution in [1.82, 2.24) is 0 Å². The van der Waals surface area contributed by atoms with E-state index in [9.17, 15) is 5.11 Å². The molecule has 2 atom stereocenters. The molecular weight excluding hydrogens is 224 g/mol. The third-order valence-electron chi connectivity index (χ3n) is 3.83. The molecule has 0 fully saturated rings. The molecule has 0 aliphatic heterocycles. The number of para-hydroxylation sites is 1. The first kappa shape index (κ1) is 13.2. The lowest BCUT2D eigenvalue weighted by molar-refractivity contribution is 0.0939. The predicted molar refractivity (Wildman–Crippen MR) is 74.4 cm³/mol. The lowest BCUT2D eigenvalue weighted by Crippen LogP contribution is -2.19. The van der Waals surface area contributed by atoms with Gasteiger partial charge in [-0.05, 0) is 29.9 Å². The molecule has 1 heterocycles. The minimum atomic E-state index is -0.522. The van der Waals surface area contributed by atoms with Crippen LogP contribution in [0.2, 0.25) is 0 Å². The number of aliphatic hydroxyl groups excluding tert-OH is 1. The van der Waals surface area contributed by atoms with Crippen molar-refractivity contribution in [3.05, 3.63) is 36.1 Å². The van der Waals surface area contributed by atoms with Crippen LogP contribution in [0.15, 0.2) is 34.7 Å². The lowest BCUT2D eigenvalue weighted by Gasteiger charge is -2.28. The topological polar surface area (TPSA) is 33.4 Å². The van der Waals surface area contributed by atoms with Gasteiger partial charge in [-0.15, -0.1) is 0 Å². The highest BCUT2D eigenvalue weighted by Gasteiger charge is 2.24. The van der Waals surface area contributed by atoms with Crippen LogP contribution in [-0.4, -0.2) is 5.11 Å². The highest BCUT2D eigenvalue weighted by atomic mass is 16.4. The van der Waals surface area contributed by atoms with E-state index in [1.165, 1.54) is 0 Å². The summed E-state index contributed by atoms with van der Waals surface area (Å²) < 4.78 is 5.69. The highest BCUT2D eigenvalue weighted by molar-refractivity contribution is 5.77. The quantitative estimate of drug-likeness (QED) is 0.862.